The Hall–Kier alpha value is -2.33. The number of aromatic carboxylic acids is 1. The maximum absolute atomic E-state index is 12.0. The number of sulfonamides is 1. The van der Waals surface area contributed by atoms with Crippen molar-refractivity contribution in [2.24, 2.45) is 0 Å². The molecule has 1 atom stereocenters. The first-order chi connectivity index (χ1) is 9.87. The molecule has 0 fully saturated rings. The van der Waals surface area contributed by atoms with Gasteiger partial charge < -0.3 is 5.11 Å². The van der Waals surface area contributed by atoms with Crippen molar-refractivity contribution in [2.45, 2.75) is 18.7 Å². The van der Waals surface area contributed by atoms with Gasteiger partial charge in [-0.2, -0.15) is 5.21 Å². The van der Waals surface area contributed by atoms with Crippen molar-refractivity contribution < 1.29 is 18.3 Å². The average molecular weight is 311 g/mol. The van der Waals surface area contributed by atoms with Crippen molar-refractivity contribution in [1.29, 1.82) is 0 Å². The molecule has 9 nitrogen and oxygen atoms in total. The lowest BCUT2D eigenvalue weighted by molar-refractivity contribution is 0.0697. The molecule has 0 saturated carbocycles. The number of carboxylic acids is 1. The van der Waals surface area contributed by atoms with Crippen LogP contribution in [0.15, 0.2) is 24.3 Å². The van der Waals surface area contributed by atoms with E-state index >= 15 is 0 Å². The van der Waals surface area contributed by atoms with E-state index in [1.54, 1.807) is 6.92 Å². The van der Waals surface area contributed by atoms with Crippen LogP contribution in [0.25, 0.3) is 0 Å². The lowest BCUT2D eigenvalue weighted by Gasteiger charge is -2.10. The van der Waals surface area contributed by atoms with Gasteiger partial charge in [0.15, 0.2) is 5.82 Å². The SMILES string of the molecule is CC(NS(=O)(=O)Cc1ccc(C(=O)O)cc1)c1nn[nH]n1. The third-order valence-corrected chi connectivity index (χ3v) is 4.09. The van der Waals surface area contributed by atoms with Crippen LogP contribution in [0.2, 0.25) is 0 Å². The third-order valence-electron chi connectivity index (χ3n) is 2.66. The molecule has 2 aromatic rings. The highest BCUT2D eigenvalue weighted by Gasteiger charge is 2.19. The second-order valence-corrected chi connectivity index (χ2v) is 6.12. The molecule has 0 aliphatic carbocycles. The maximum Gasteiger partial charge on any atom is 0.335 e. The summed E-state index contributed by atoms with van der Waals surface area (Å²) in [7, 11) is -3.61. The Morgan fingerprint density at radius 1 is 1.38 bits per heavy atom. The highest BCUT2D eigenvalue weighted by Crippen LogP contribution is 2.11. The number of aromatic amines is 1. The number of nitrogens with one attached hydrogen (secondary N) is 2. The van der Waals surface area contributed by atoms with E-state index < -0.39 is 22.0 Å². The van der Waals surface area contributed by atoms with Crippen LogP contribution in [0.3, 0.4) is 0 Å². The molecule has 0 bridgehead atoms. The number of benzene rings is 1. The zero-order valence-corrected chi connectivity index (χ0v) is 11.8. The number of carbonyl (C=O) groups is 1. The van der Waals surface area contributed by atoms with Crippen molar-refractivity contribution in [3.8, 4) is 0 Å². The molecule has 10 heteroatoms. The van der Waals surface area contributed by atoms with Gasteiger partial charge in [0.2, 0.25) is 10.0 Å². The average Bonchev–Trinajstić information content (AvgIpc) is 2.92. The minimum absolute atomic E-state index is 0.101. The molecule has 2 rings (SSSR count). The van der Waals surface area contributed by atoms with E-state index in [1.807, 2.05) is 0 Å². The Kier molecular flexibility index (Phi) is 4.29. The molecule has 3 N–H and O–H groups in total. The molecule has 0 saturated heterocycles. The molecule has 1 aromatic carbocycles. The van der Waals surface area contributed by atoms with E-state index in [2.05, 4.69) is 25.3 Å². The van der Waals surface area contributed by atoms with E-state index in [1.165, 1.54) is 24.3 Å². The molecule has 1 aromatic heterocycles. The molecule has 0 aliphatic heterocycles. The Morgan fingerprint density at radius 2 is 2.05 bits per heavy atom. The van der Waals surface area contributed by atoms with Crippen LogP contribution in [-0.2, 0) is 15.8 Å². The lowest BCUT2D eigenvalue weighted by Crippen LogP contribution is -2.28. The summed E-state index contributed by atoms with van der Waals surface area (Å²) < 4.78 is 26.4. The quantitative estimate of drug-likeness (QED) is 0.686. The standard InChI is InChI=1S/C11H13N5O4S/c1-7(10-12-15-16-13-10)14-21(19,20)6-8-2-4-9(5-3-8)11(17)18/h2-5,7,14H,6H2,1H3,(H,17,18)(H,12,13,15,16). The molecule has 1 heterocycles. The highest BCUT2D eigenvalue weighted by molar-refractivity contribution is 7.88. The van der Waals surface area contributed by atoms with Crippen LogP contribution in [0.1, 0.15) is 34.7 Å². The highest BCUT2D eigenvalue weighted by atomic mass is 32.2. The Labute approximate surface area is 120 Å². The van der Waals surface area contributed by atoms with E-state index in [4.69, 9.17) is 5.11 Å². The number of aromatic nitrogens is 4. The first kappa shape index (κ1) is 15.1. The molecular weight excluding hydrogens is 298 g/mol. The van der Waals surface area contributed by atoms with Gasteiger partial charge in [0.25, 0.3) is 0 Å². The van der Waals surface area contributed by atoms with Crippen LogP contribution in [0, 0.1) is 0 Å². The van der Waals surface area contributed by atoms with Crippen molar-refractivity contribution in [3.05, 3.63) is 41.2 Å². The zero-order valence-electron chi connectivity index (χ0n) is 11.0. The van der Waals surface area contributed by atoms with Crippen LogP contribution in [0.4, 0.5) is 0 Å². The number of nitrogens with zero attached hydrogens (tertiary/aromatic N) is 3. The van der Waals surface area contributed by atoms with Gasteiger partial charge in [0, 0.05) is 0 Å². The van der Waals surface area contributed by atoms with Gasteiger partial charge in [-0.05, 0) is 24.6 Å². The van der Waals surface area contributed by atoms with Gasteiger partial charge in [0.05, 0.1) is 17.4 Å². The second kappa shape index (κ2) is 5.97. The molecule has 0 spiro atoms. The smallest absolute Gasteiger partial charge is 0.335 e. The fourth-order valence-corrected chi connectivity index (χ4v) is 3.04. The second-order valence-electron chi connectivity index (χ2n) is 4.37. The summed E-state index contributed by atoms with van der Waals surface area (Å²) in [6.45, 7) is 1.59. The Bertz CT molecular complexity index is 712. The minimum Gasteiger partial charge on any atom is -0.478 e. The molecule has 0 amide bonds. The molecular formula is C11H13N5O4S. The normalized spacial score (nSPS) is 13.0. The predicted octanol–water partition coefficient (Wildman–Crippen LogP) is 0.0785. The molecule has 1 unspecified atom stereocenters. The lowest BCUT2D eigenvalue weighted by atomic mass is 10.1. The number of hydrogen-bond acceptors (Lipinski definition) is 6. The van der Waals surface area contributed by atoms with Gasteiger partial charge >= 0.3 is 5.97 Å². The fourth-order valence-electron chi connectivity index (χ4n) is 1.68. The first-order valence-corrected chi connectivity index (χ1v) is 7.58. The topological polar surface area (TPSA) is 138 Å². The summed E-state index contributed by atoms with van der Waals surface area (Å²) in [6, 6.07) is 5.02. The number of H-pyrrole nitrogens is 1. The van der Waals surface area contributed by atoms with Crippen LogP contribution >= 0.6 is 0 Å². The van der Waals surface area contributed by atoms with Crippen molar-refractivity contribution in [1.82, 2.24) is 25.3 Å². The van der Waals surface area contributed by atoms with Crippen LogP contribution in [0.5, 0.6) is 0 Å². The van der Waals surface area contributed by atoms with E-state index in [0.29, 0.717) is 5.56 Å². The summed E-state index contributed by atoms with van der Waals surface area (Å²) in [4.78, 5) is 10.7. The zero-order chi connectivity index (χ0) is 15.5. The maximum atomic E-state index is 12.0. The summed E-state index contributed by atoms with van der Waals surface area (Å²) in [5.41, 5.74) is 0.581. The van der Waals surface area contributed by atoms with Crippen LogP contribution < -0.4 is 4.72 Å². The van der Waals surface area contributed by atoms with E-state index in [9.17, 15) is 13.2 Å². The van der Waals surface area contributed by atoms with Gasteiger partial charge in [-0.15, -0.1) is 10.2 Å². The summed E-state index contributed by atoms with van der Waals surface area (Å²) >= 11 is 0. The Balaban J connectivity index is 2.05. The monoisotopic (exact) mass is 311 g/mol. The Morgan fingerprint density at radius 3 is 2.57 bits per heavy atom. The molecule has 0 aliphatic rings. The molecule has 21 heavy (non-hydrogen) atoms. The third kappa shape index (κ3) is 4.07. The number of hydrogen-bond donors (Lipinski definition) is 3. The fraction of sp³-hybridized carbons (Fsp3) is 0.273. The van der Waals surface area contributed by atoms with Gasteiger partial charge in [-0.1, -0.05) is 17.3 Å². The van der Waals surface area contributed by atoms with Crippen molar-refractivity contribution in [2.75, 3.05) is 0 Å². The number of carboxylic acid groups (broad SMARTS) is 1. The van der Waals surface area contributed by atoms with Gasteiger partial charge in [-0.3, -0.25) is 0 Å². The van der Waals surface area contributed by atoms with E-state index in [0.717, 1.165) is 0 Å². The van der Waals surface area contributed by atoms with Crippen molar-refractivity contribution >= 4 is 16.0 Å². The van der Waals surface area contributed by atoms with Crippen molar-refractivity contribution in [3.63, 3.8) is 0 Å². The summed E-state index contributed by atoms with van der Waals surface area (Å²) in [5, 5.41) is 21.8. The number of rotatable bonds is 6. The molecule has 112 valence electrons. The minimum atomic E-state index is -3.61. The summed E-state index contributed by atoms with van der Waals surface area (Å²) in [6.07, 6.45) is 0. The largest absolute Gasteiger partial charge is 0.478 e. The predicted molar refractivity (Wildman–Crippen MR) is 71.8 cm³/mol. The van der Waals surface area contributed by atoms with E-state index in [-0.39, 0.29) is 17.1 Å². The van der Waals surface area contributed by atoms with Crippen LogP contribution in [-0.4, -0.2) is 40.1 Å². The summed E-state index contributed by atoms with van der Waals surface area (Å²) in [5.74, 6) is -1.09. The molecule has 0 radical (unpaired) electrons. The first-order valence-electron chi connectivity index (χ1n) is 5.93. The van der Waals surface area contributed by atoms with Gasteiger partial charge in [0.1, 0.15) is 0 Å². The number of tetrazole rings is 1. The van der Waals surface area contributed by atoms with Gasteiger partial charge in [-0.25, -0.2) is 17.9 Å².